The lowest BCUT2D eigenvalue weighted by molar-refractivity contribution is 0.571. The fraction of sp³-hybridized carbons (Fsp3) is 0.333. The Morgan fingerprint density at radius 1 is 1.35 bits per heavy atom. The summed E-state index contributed by atoms with van der Waals surface area (Å²) in [6.07, 6.45) is 4.65. The van der Waals surface area contributed by atoms with Crippen molar-refractivity contribution in [2.75, 3.05) is 6.54 Å². The van der Waals surface area contributed by atoms with Gasteiger partial charge in [0.15, 0.2) is 0 Å². The minimum absolute atomic E-state index is 0.0665. The van der Waals surface area contributed by atoms with Gasteiger partial charge in [0.1, 0.15) is 5.82 Å². The van der Waals surface area contributed by atoms with Crippen molar-refractivity contribution in [3.05, 3.63) is 45.1 Å². The first kappa shape index (κ1) is 12.7. The van der Waals surface area contributed by atoms with Crippen molar-refractivity contribution in [1.82, 2.24) is 15.3 Å². The van der Waals surface area contributed by atoms with E-state index in [0.717, 1.165) is 23.3 Å². The zero-order valence-corrected chi connectivity index (χ0v) is 12.0. The van der Waals surface area contributed by atoms with Crippen LogP contribution in [0.5, 0.6) is 0 Å². The fourth-order valence-corrected chi connectivity index (χ4v) is 3.14. The standard InChI is InChI=1S/C12H14BrN3S/c1-2-4-14-11(9-7-17-8-10(9)13)12-15-5-3-6-16-12/h3,5-8,11,14H,2,4H2,1H3. The van der Waals surface area contributed by atoms with Gasteiger partial charge < -0.3 is 5.32 Å². The van der Waals surface area contributed by atoms with Crippen LogP contribution in [0.1, 0.15) is 30.8 Å². The lowest BCUT2D eigenvalue weighted by Crippen LogP contribution is -2.24. The second-order valence-corrected chi connectivity index (χ2v) is 5.27. The molecule has 0 aromatic carbocycles. The molecule has 3 nitrogen and oxygen atoms in total. The number of thiophene rings is 1. The summed E-state index contributed by atoms with van der Waals surface area (Å²) in [6, 6.07) is 1.90. The Morgan fingerprint density at radius 3 is 2.71 bits per heavy atom. The van der Waals surface area contributed by atoms with E-state index >= 15 is 0 Å². The van der Waals surface area contributed by atoms with Gasteiger partial charge in [-0.3, -0.25) is 0 Å². The third-order valence-electron chi connectivity index (χ3n) is 2.40. The molecule has 2 aromatic rings. The van der Waals surface area contributed by atoms with Crippen molar-refractivity contribution < 1.29 is 0 Å². The van der Waals surface area contributed by atoms with E-state index in [1.54, 1.807) is 23.7 Å². The highest BCUT2D eigenvalue weighted by molar-refractivity contribution is 9.10. The first-order chi connectivity index (χ1) is 8.33. The van der Waals surface area contributed by atoms with Gasteiger partial charge >= 0.3 is 0 Å². The van der Waals surface area contributed by atoms with Gasteiger partial charge in [-0.05, 0) is 40.3 Å². The molecule has 0 fully saturated rings. The predicted octanol–water partition coefficient (Wildman–Crippen LogP) is 3.39. The maximum atomic E-state index is 4.34. The Balaban J connectivity index is 2.29. The largest absolute Gasteiger partial charge is 0.304 e. The summed E-state index contributed by atoms with van der Waals surface area (Å²) in [6.45, 7) is 3.10. The Bertz CT molecular complexity index is 458. The van der Waals surface area contributed by atoms with E-state index in [-0.39, 0.29) is 6.04 Å². The molecule has 2 rings (SSSR count). The second kappa shape index (κ2) is 6.23. The van der Waals surface area contributed by atoms with Crippen molar-refractivity contribution in [2.24, 2.45) is 0 Å². The average Bonchev–Trinajstić information content (AvgIpc) is 2.78. The quantitative estimate of drug-likeness (QED) is 0.919. The molecule has 2 aromatic heterocycles. The van der Waals surface area contributed by atoms with Crippen LogP contribution in [0, 0.1) is 0 Å². The zero-order valence-electron chi connectivity index (χ0n) is 9.56. The van der Waals surface area contributed by atoms with Gasteiger partial charge in [0.05, 0.1) is 6.04 Å². The third-order valence-corrected chi connectivity index (χ3v) is 4.15. The molecule has 0 aliphatic rings. The second-order valence-electron chi connectivity index (χ2n) is 3.67. The Kier molecular flexibility index (Phi) is 4.65. The Hall–Kier alpha value is -0.780. The monoisotopic (exact) mass is 311 g/mol. The summed E-state index contributed by atoms with van der Waals surface area (Å²) in [5.41, 5.74) is 1.20. The molecule has 0 aliphatic carbocycles. The lowest BCUT2D eigenvalue weighted by Gasteiger charge is -2.16. The van der Waals surface area contributed by atoms with E-state index in [1.807, 2.05) is 6.07 Å². The van der Waals surface area contributed by atoms with Crippen molar-refractivity contribution in [3.63, 3.8) is 0 Å². The van der Waals surface area contributed by atoms with E-state index < -0.39 is 0 Å². The van der Waals surface area contributed by atoms with E-state index in [9.17, 15) is 0 Å². The zero-order chi connectivity index (χ0) is 12.1. The molecule has 90 valence electrons. The van der Waals surface area contributed by atoms with Gasteiger partial charge in [0.2, 0.25) is 0 Å². The van der Waals surface area contributed by atoms with Crippen LogP contribution in [0.2, 0.25) is 0 Å². The maximum absolute atomic E-state index is 4.34. The summed E-state index contributed by atoms with van der Waals surface area (Å²) in [4.78, 5) is 8.68. The van der Waals surface area contributed by atoms with Crippen LogP contribution in [-0.2, 0) is 0 Å². The van der Waals surface area contributed by atoms with Crippen LogP contribution < -0.4 is 5.32 Å². The number of halogens is 1. The predicted molar refractivity (Wildman–Crippen MR) is 74.2 cm³/mol. The third kappa shape index (κ3) is 3.12. The molecule has 5 heteroatoms. The van der Waals surface area contributed by atoms with Crippen molar-refractivity contribution in [1.29, 1.82) is 0 Å². The smallest absolute Gasteiger partial charge is 0.149 e. The highest BCUT2D eigenvalue weighted by atomic mass is 79.9. The molecule has 1 unspecified atom stereocenters. The van der Waals surface area contributed by atoms with Gasteiger partial charge in [-0.1, -0.05) is 6.92 Å². The summed E-state index contributed by atoms with van der Waals surface area (Å²) in [5, 5.41) is 7.70. The maximum Gasteiger partial charge on any atom is 0.149 e. The van der Waals surface area contributed by atoms with Crippen LogP contribution in [0.4, 0.5) is 0 Å². The van der Waals surface area contributed by atoms with Gasteiger partial charge in [0.25, 0.3) is 0 Å². The van der Waals surface area contributed by atoms with Crippen LogP contribution in [0.15, 0.2) is 33.7 Å². The molecule has 0 saturated heterocycles. The number of nitrogens with zero attached hydrogens (tertiary/aromatic N) is 2. The van der Waals surface area contributed by atoms with Crippen LogP contribution in [0.25, 0.3) is 0 Å². The average molecular weight is 312 g/mol. The molecule has 0 bridgehead atoms. The molecule has 0 amide bonds. The number of rotatable bonds is 5. The van der Waals surface area contributed by atoms with Gasteiger partial charge in [-0.15, -0.1) is 0 Å². The van der Waals surface area contributed by atoms with Crippen LogP contribution in [0.3, 0.4) is 0 Å². The molecule has 17 heavy (non-hydrogen) atoms. The van der Waals surface area contributed by atoms with Crippen LogP contribution >= 0.6 is 27.3 Å². The van der Waals surface area contributed by atoms with E-state index in [1.165, 1.54) is 5.56 Å². The molecule has 2 heterocycles. The Morgan fingerprint density at radius 2 is 2.12 bits per heavy atom. The number of hydrogen-bond acceptors (Lipinski definition) is 4. The van der Waals surface area contributed by atoms with Gasteiger partial charge in [-0.2, -0.15) is 11.3 Å². The van der Waals surface area contributed by atoms with Gasteiger partial charge in [-0.25, -0.2) is 9.97 Å². The van der Waals surface area contributed by atoms with Crippen molar-refractivity contribution in [3.8, 4) is 0 Å². The first-order valence-electron chi connectivity index (χ1n) is 5.54. The van der Waals surface area contributed by atoms with E-state index in [2.05, 4.69) is 48.9 Å². The molecule has 0 aliphatic heterocycles. The highest BCUT2D eigenvalue weighted by Crippen LogP contribution is 2.29. The highest BCUT2D eigenvalue weighted by Gasteiger charge is 2.18. The summed E-state index contributed by atoms with van der Waals surface area (Å²) in [5.74, 6) is 0.819. The molecule has 0 radical (unpaired) electrons. The minimum Gasteiger partial charge on any atom is -0.304 e. The number of nitrogens with one attached hydrogen (secondary N) is 1. The molecule has 0 spiro atoms. The molecular formula is C12H14BrN3S. The topological polar surface area (TPSA) is 37.8 Å². The number of aromatic nitrogens is 2. The molecular weight excluding hydrogens is 298 g/mol. The van der Waals surface area contributed by atoms with E-state index in [0.29, 0.717) is 0 Å². The number of hydrogen-bond donors (Lipinski definition) is 1. The molecule has 1 N–H and O–H groups in total. The minimum atomic E-state index is 0.0665. The molecule has 0 saturated carbocycles. The van der Waals surface area contributed by atoms with Crippen molar-refractivity contribution >= 4 is 27.3 Å². The summed E-state index contributed by atoms with van der Waals surface area (Å²) in [7, 11) is 0. The normalized spacial score (nSPS) is 12.6. The summed E-state index contributed by atoms with van der Waals surface area (Å²) < 4.78 is 1.11. The lowest BCUT2D eigenvalue weighted by atomic mass is 10.1. The van der Waals surface area contributed by atoms with Crippen LogP contribution in [-0.4, -0.2) is 16.5 Å². The summed E-state index contributed by atoms with van der Waals surface area (Å²) >= 11 is 5.25. The first-order valence-corrected chi connectivity index (χ1v) is 7.28. The molecule has 1 atom stereocenters. The van der Waals surface area contributed by atoms with Gasteiger partial charge in [0, 0.05) is 27.8 Å². The van der Waals surface area contributed by atoms with E-state index in [4.69, 9.17) is 0 Å². The SMILES string of the molecule is CCCNC(c1ncccn1)c1cscc1Br. The Labute approximate surface area is 113 Å². The fourth-order valence-electron chi connectivity index (χ4n) is 1.59. The van der Waals surface area contributed by atoms with Crippen molar-refractivity contribution in [2.45, 2.75) is 19.4 Å².